The molecule has 2 rings (SSSR count). The molecule has 27 heavy (non-hydrogen) atoms. The average molecular weight is 373 g/mol. The number of hydrogen-bond donors (Lipinski definition) is 0. The van der Waals surface area contributed by atoms with Crippen molar-refractivity contribution < 1.29 is 14.3 Å². The predicted molar refractivity (Wildman–Crippen MR) is 110 cm³/mol. The van der Waals surface area contributed by atoms with E-state index in [1.54, 1.807) is 0 Å². The van der Waals surface area contributed by atoms with Gasteiger partial charge < -0.3 is 9.47 Å². The highest BCUT2D eigenvalue weighted by atomic mass is 16.8. The highest BCUT2D eigenvalue weighted by molar-refractivity contribution is 5.64. The Bertz CT molecular complexity index is 659. The summed E-state index contributed by atoms with van der Waals surface area (Å²) in [4.78, 5) is 12.4. The molecule has 1 saturated heterocycles. The van der Waals surface area contributed by atoms with Gasteiger partial charge in [0.2, 0.25) is 0 Å². The minimum atomic E-state index is -0.783. The molecule has 0 spiro atoms. The van der Waals surface area contributed by atoms with Crippen LogP contribution in [0.3, 0.4) is 0 Å². The van der Waals surface area contributed by atoms with Crippen LogP contribution in [0.2, 0.25) is 0 Å². The molecule has 3 nitrogen and oxygen atoms in total. The Morgan fingerprint density at radius 3 is 2.63 bits per heavy atom. The molecule has 2 fully saturated rings. The van der Waals surface area contributed by atoms with Crippen molar-refractivity contribution in [2.24, 2.45) is 16.7 Å². The summed E-state index contributed by atoms with van der Waals surface area (Å²) in [7, 11) is 0. The van der Waals surface area contributed by atoms with Crippen LogP contribution in [0.1, 0.15) is 80.1 Å². The number of carbonyl (C=O) groups excluding carboxylic acids is 1. The van der Waals surface area contributed by atoms with Gasteiger partial charge in [0, 0.05) is 12.3 Å². The Balaban J connectivity index is 2.58. The number of carbonyl (C=O) groups is 1. The molecule has 3 heteroatoms. The first-order valence-corrected chi connectivity index (χ1v) is 10.2. The van der Waals surface area contributed by atoms with Crippen molar-refractivity contribution in [1.29, 1.82) is 0 Å². The highest BCUT2D eigenvalue weighted by Crippen LogP contribution is 2.55. The SMILES string of the molecule is C=CC[C@]1(C)CCCCC1[C@@H]1OC(=O)O[C@@]1(CC=C(C)C)C(C)(C)C#CC. The third-order valence-corrected chi connectivity index (χ3v) is 6.64. The van der Waals surface area contributed by atoms with E-state index in [-0.39, 0.29) is 17.4 Å². The van der Waals surface area contributed by atoms with Crippen molar-refractivity contribution in [2.45, 2.75) is 91.8 Å². The molecule has 0 radical (unpaired) electrons. The predicted octanol–water partition coefficient (Wildman–Crippen LogP) is 6.44. The van der Waals surface area contributed by atoms with E-state index in [2.05, 4.69) is 59.1 Å². The van der Waals surface area contributed by atoms with E-state index < -0.39 is 17.2 Å². The van der Waals surface area contributed by atoms with E-state index in [1.165, 1.54) is 12.0 Å². The van der Waals surface area contributed by atoms with Crippen LogP contribution in [0.5, 0.6) is 0 Å². The van der Waals surface area contributed by atoms with Crippen LogP contribution >= 0.6 is 0 Å². The number of allylic oxidation sites excluding steroid dienone is 2. The van der Waals surface area contributed by atoms with E-state index in [4.69, 9.17) is 9.47 Å². The maximum Gasteiger partial charge on any atom is 0.509 e. The van der Waals surface area contributed by atoms with Crippen molar-refractivity contribution in [3.05, 3.63) is 24.3 Å². The molecule has 2 aliphatic rings. The summed E-state index contributed by atoms with van der Waals surface area (Å²) in [5.74, 6) is 6.60. The standard InChI is InChI=1S/C24H36O3/c1-8-14-22(5,6)24(17-13-18(3)4)20(26-21(25)27-24)19-12-10-11-16-23(19,7)15-9-2/h9,13,19-20H,2,10-12,15-17H2,1,3-7H3/t19?,20-,23+,24+/m0/s1. The number of ether oxygens (including phenoxy) is 2. The molecular weight excluding hydrogens is 336 g/mol. The molecule has 0 amide bonds. The second-order valence-electron chi connectivity index (χ2n) is 9.26. The highest BCUT2D eigenvalue weighted by Gasteiger charge is 2.63. The van der Waals surface area contributed by atoms with Gasteiger partial charge in [-0.25, -0.2) is 4.79 Å². The molecule has 0 bridgehead atoms. The zero-order valence-corrected chi connectivity index (χ0v) is 18.0. The molecule has 1 heterocycles. The molecular formula is C24H36O3. The van der Waals surface area contributed by atoms with Crippen molar-refractivity contribution in [2.75, 3.05) is 0 Å². The molecule has 1 unspecified atom stereocenters. The smallest absolute Gasteiger partial charge is 0.426 e. The molecule has 1 aliphatic carbocycles. The van der Waals surface area contributed by atoms with Gasteiger partial charge in [-0.15, -0.1) is 12.5 Å². The fourth-order valence-corrected chi connectivity index (χ4v) is 5.03. The van der Waals surface area contributed by atoms with Crippen LogP contribution in [0.15, 0.2) is 24.3 Å². The van der Waals surface area contributed by atoms with Crippen molar-refractivity contribution in [3.8, 4) is 11.8 Å². The topological polar surface area (TPSA) is 35.5 Å². The van der Waals surface area contributed by atoms with Gasteiger partial charge in [-0.05, 0) is 59.3 Å². The normalized spacial score (nSPS) is 33.3. The first-order chi connectivity index (χ1) is 12.6. The lowest BCUT2D eigenvalue weighted by atomic mass is 9.57. The molecule has 0 aromatic carbocycles. The lowest BCUT2D eigenvalue weighted by Gasteiger charge is -2.49. The lowest BCUT2D eigenvalue weighted by molar-refractivity contribution is -0.0948. The maximum absolute atomic E-state index is 12.4. The van der Waals surface area contributed by atoms with E-state index in [0.29, 0.717) is 6.42 Å². The van der Waals surface area contributed by atoms with Crippen LogP contribution in [0.4, 0.5) is 4.79 Å². The Morgan fingerprint density at radius 1 is 1.33 bits per heavy atom. The van der Waals surface area contributed by atoms with Gasteiger partial charge >= 0.3 is 6.16 Å². The van der Waals surface area contributed by atoms with Gasteiger partial charge in [0.15, 0.2) is 11.7 Å². The molecule has 1 aliphatic heterocycles. The quantitative estimate of drug-likeness (QED) is 0.306. The molecule has 0 aromatic rings. The zero-order valence-electron chi connectivity index (χ0n) is 18.0. The summed E-state index contributed by atoms with van der Waals surface area (Å²) in [5.41, 5.74) is -0.0370. The monoisotopic (exact) mass is 372 g/mol. The third-order valence-electron chi connectivity index (χ3n) is 6.64. The second kappa shape index (κ2) is 8.13. The van der Waals surface area contributed by atoms with E-state index >= 15 is 0 Å². The summed E-state index contributed by atoms with van der Waals surface area (Å²) in [6.45, 7) is 16.4. The molecule has 4 atom stereocenters. The van der Waals surface area contributed by atoms with Crippen LogP contribution in [-0.2, 0) is 9.47 Å². The van der Waals surface area contributed by atoms with Crippen LogP contribution in [0.25, 0.3) is 0 Å². The van der Waals surface area contributed by atoms with Gasteiger partial charge in [0.25, 0.3) is 0 Å². The average Bonchev–Trinajstić information content (AvgIpc) is 2.91. The van der Waals surface area contributed by atoms with Crippen molar-refractivity contribution in [3.63, 3.8) is 0 Å². The number of rotatable bonds is 6. The number of hydrogen-bond acceptors (Lipinski definition) is 3. The van der Waals surface area contributed by atoms with Gasteiger partial charge in [-0.2, -0.15) is 0 Å². The summed E-state index contributed by atoms with van der Waals surface area (Å²) in [6, 6.07) is 0. The molecule has 150 valence electrons. The Hall–Kier alpha value is -1.69. The van der Waals surface area contributed by atoms with Gasteiger partial charge in [-0.1, -0.05) is 43.4 Å². The first kappa shape index (κ1) is 21.6. The molecule has 0 aromatic heterocycles. The molecule has 1 saturated carbocycles. The van der Waals surface area contributed by atoms with Crippen LogP contribution in [-0.4, -0.2) is 17.9 Å². The largest absolute Gasteiger partial charge is 0.509 e. The molecule has 0 N–H and O–H groups in total. The van der Waals surface area contributed by atoms with Gasteiger partial charge in [0.1, 0.15) is 0 Å². The third kappa shape index (κ3) is 4.10. The maximum atomic E-state index is 12.4. The summed E-state index contributed by atoms with van der Waals surface area (Å²) in [6.07, 6.45) is 9.37. The van der Waals surface area contributed by atoms with E-state index in [1.807, 2.05) is 13.0 Å². The van der Waals surface area contributed by atoms with Crippen molar-refractivity contribution in [1.82, 2.24) is 0 Å². The van der Waals surface area contributed by atoms with E-state index in [0.717, 1.165) is 25.7 Å². The summed E-state index contributed by atoms with van der Waals surface area (Å²) < 4.78 is 12.0. The first-order valence-electron chi connectivity index (χ1n) is 10.2. The number of cyclic esters (lactones) is 2. The fourth-order valence-electron chi connectivity index (χ4n) is 5.03. The Morgan fingerprint density at radius 2 is 2.04 bits per heavy atom. The van der Waals surface area contributed by atoms with E-state index in [9.17, 15) is 4.79 Å². The van der Waals surface area contributed by atoms with Crippen LogP contribution < -0.4 is 0 Å². The summed E-state index contributed by atoms with van der Waals surface area (Å²) >= 11 is 0. The zero-order chi connectivity index (χ0) is 20.3. The minimum absolute atomic E-state index is 0.0601. The Labute approximate surface area is 165 Å². The fraction of sp³-hybridized carbons (Fsp3) is 0.708. The summed E-state index contributed by atoms with van der Waals surface area (Å²) in [5, 5.41) is 0. The lowest BCUT2D eigenvalue weighted by Crippen LogP contribution is -2.57. The minimum Gasteiger partial charge on any atom is -0.426 e. The Kier molecular flexibility index (Phi) is 6.51. The van der Waals surface area contributed by atoms with Gasteiger partial charge in [-0.3, -0.25) is 0 Å². The second-order valence-corrected chi connectivity index (χ2v) is 9.26. The van der Waals surface area contributed by atoms with Gasteiger partial charge in [0.05, 0.1) is 5.41 Å². The van der Waals surface area contributed by atoms with Crippen molar-refractivity contribution >= 4 is 6.16 Å². The van der Waals surface area contributed by atoms with Crippen LogP contribution in [0, 0.1) is 28.6 Å².